The molecule has 0 fully saturated rings. The Bertz CT molecular complexity index is 2750. The Morgan fingerprint density at radius 3 is 1.94 bits per heavy atom. The summed E-state index contributed by atoms with van der Waals surface area (Å²) < 4.78 is 2.43. The Morgan fingerprint density at radius 2 is 1.12 bits per heavy atom. The molecule has 0 amide bonds. The van der Waals surface area contributed by atoms with Crippen LogP contribution < -0.4 is 4.90 Å². The van der Waals surface area contributed by atoms with Gasteiger partial charge in [0.15, 0.2) is 0 Å². The predicted molar refractivity (Wildman–Crippen MR) is 216 cm³/mol. The molecule has 0 N–H and O–H groups in total. The molecule has 0 aliphatic heterocycles. The fraction of sp³-hybridized carbons (Fsp3) is 0.0612. The molecule has 0 atom stereocenters. The van der Waals surface area contributed by atoms with Crippen molar-refractivity contribution in [2.24, 2.45) is 0 Å². The fourth-order valence-electron chi connectivity index (χ4n) is 8.54. The quantitative estimate of drug-likeness (QED) is 0.180. The molecule has 2 nitrogen and oxygen atoms in total. The van der Waals surface area contributed by atoms with Crippen LogP contribution in [-0.2, 0) is 5.41 Å². The third-order valence-corrected chi connectivity index (χ3v) is 11.0. The van der Waals surface area contributed by atoms with Gasteiger partial charge in [0.25, 0.3) is 0 Å². The van der Waals surface area contributed by atoms with Gasteiger partial charge in [-0.2, -0.15) is 0 Å². The smallest absolute Gasteiger partial charge is 0.0619 e. The van der Waals surface area contributed by atoms with Crippen molar-refractivity contribution < 1.29 is 0 Å². The molecule has 1 heterocycles. The van der Waals surface area contributed by atoms with Gasteiger partial charge in [0, 0.05) is 44.2 Å². The molecule has 1 aliphatic rings. The molecule has 0 radical (unpaired) electrons. The maximum absolute atomic E-state index is 2.46. The number of fused-ring (bicyclic) bond motifs is 8. The molecule has 2 heteroatoms. The van der Waals surface area contributed by atoms with E-state index < -0.39 is 0 Å². The van der Waals surface area contributed by atoms with Crippen molar-refractivity contribution in [2.45, 2.75) is 19.3 Å². The highest BCUT2D eigenvalue weighted by Gasteiger charge is 2.37. The first kappa shape index (κ1) is 29.5. The maximum Gasteiger partial charge on any atom is 0.0619 e. The summed E-state index contributed by atoms with van der Waals surface area (Å²) in [5, 5.41) is 4.98. The van der Waals surface area contributed by atoms with E-state index in [2.05, 4.69) is 205 Å². The van der Waals surface area contributed by atoms with Crippen molar-refractivity contribution in [3.63, 3.8) is 0 Å². The standard InChI is InChI=1S/C49H36N2/c1-49(2)43-20-11-9-19-42(43)47-44(49)21-13-23-46(47)50(37-27-24-34(25-28-37)33-14-5-3-6-15-33)38-29-31-39-35(32-38)26-30-41-40-18-10-12-22-45(40)51(48(39)41)36-16-7-4-8-17-36/h3-32H,1-2H3. The second-order valence-electron chi connectivity index (χ2n) is 14.2. The SMILES string of the molecule is CC1(C)c2ccccc2-c2c(N(c3ccc(-c4ccccc4)cc3)c3ccc4c(ccc5c6ccccc6n(-c6ccccc6)c45)c3)cccc21. The lowest BCUT2D eigenvalue weighted by Crippen LogP contribution is -2.16. The lowest BCUT2D eigenvalue weighted by Gasteiger charge is -2.29. The topological polar surface area (TPSA) is 8.17 Å². The van der Waals surface area contributed by atoms with E-state index >= 15 is 0 Å². The molecule has 0 spiro atoms. The van der Waals surface area contributed by atoms with Gasteiger partial charge >= 0.3 is 0 Å². The predicted octanol–water partition coefficient (Wildman–Crippen LogP) is 13.4. The van der Waals surface area contributed by atoms with Crippen LogP contribution in [-0.4, -0.2) is 4.57 Å². The largest absolute Gasteiger partial charge is 0.310 e. The third-order valence-electron chi connectivity index (χ3n) is 11.0. The summed E-state index contributed by atoms with van der Waals surface area (Å²) in [6, 6.07) is 66.6. The van der Waals surface area contributed by atoms with Crippen LogP contribution in [0.15, 0.2) is 182 Å². The van der Waals surface area contributed by atoms with Crippen molar-refractivity contribution in [3.8, 4) is 27.9 Å². The molecule has 8 aromatic carbocycles. The lowest BCUT2D eigenvalue weighted by molar-refractivity contribution is 0.660. The molecule has 0 unspecified atom stereocenters. The van der Waals surface area contributed by atoms with Gasteiger partial charge < -0.3 is 9.47 Å². The molecule has 0 saturated carbocycles. The normalized spacial score (nSPS) is 13.1. The summed E-state index contributed by atoms with van der Waals surface area (Å²) in [5.74, 6) is 0. The molecular weight excluding hydrogens is 617 g/mol. The van der Waals surface area contributed by atoms with Crippen molar-refractivity contribution in [1.29, 1.82) is 0 Å². The highest BCUT2D eigenvalue weighted by Crippen LogP contribution is 2.54. The fourth-order valence-corrected chi connectivity index (χ4v) is 8.54. The minimum atomic E-state index is -0.0926. The number of benzene rings is 8. The number of hydrogen-bond donors (Lipinski definition) is 0. The highest BCUT2D eigenvalue weighted by molar-refractivity contribution is 6.19. The second kappa shape index (κ2) is 11.3. The minimum Gasteiger partial charge on any atom is -0.310 e. The van der Waals surface area contributed by atoms with Gasteiger partial charge in [-0.25, -0.2) is 0 Å². The van der Waals surface area contributed by atoms with E-state index in [1.807, 2.05) is 0 Å². The number of hydrogen-bond acceptors (Lipinski definition) is 1. The van der Waals surface area contributed by atoms with E-state index in [1.165, 1.54) is 77.3 Å². The van der Waals surface area contributed by atoms with Gasteiger partial charge in [0.05, 0.1) is 16.7 Å². The molecule has 1 aliphatic carbocycles. The van der Waals surface area contributed by atoms with Crippen LogP contribution in [0.25, 0.3) is 60.5 Å². The molecule has 0 bridgehead atoms. The van der Waals surface area contributed by atoms with Crippen molar-refractivity contribution in [1.82, 2.24) is 4.57 Å². The van der Waals surface area contributed by atoms with E-state index in [4.69, 9.17) is 0 Å². The summed E-state index contributed by atoms with van der Waals surface area (Å²) in [4.78, 5) is 2.46. The van der Waals surface area contributed by atoms with Crippen LogP contribution in [0.3, 0.4) is 0 Å². The second-order valence-corrected chi connectivity index (χ2v) is 14.2. The number of rotatable bonds is 5. The van der Waals surface area contributed by atoms with Crippen molar-refractivity contribution in [3.05, 3.63) is 193 Å². The van der Waals surface area contributed by atoms with Gasteiger partial charge in [-0.3, -0.25) is 0 Å². The van der Waals surface area contributed by atoms with Crippen LogP contribution in [0, 0.1) is 0 Å². The molecule has 51 heavy (non-hydrogen) atoms. The zero-order valence-corrected chi connectivity index (χ0v) is 28.7. The average Bonchev–Trinajstić information content (AvgIpc) is 3.65. The van der Waals surface area contributed by atoms with Crippen molar-refractivity contribution >= 4 is 49.6 Å². The summed E-state index contributed by atoms with van der Waals surface area (Å²) in [6.45, 7) is 4.71. The Kier molecular flexibility index (Phi) is 6.56. The van der Waals surface area contributed by atoms with E-state index in [1.54, 1.807) is 0 Å². The van der Waals surface area contributed by atoms with Crippen LogP contribution in [0.2, 0.25) is 0 Å². The molecule has 0 saturated heterocycles. The molecular formula is C49H36N2. The number of para-hydroxylation sites is 2. The lowest BCUT2D eigenvalue weighted by atomic mass is 9.82. The van der Waals surface area contributed by atoms with Crippen LogP contribution in [0.1, 0.15) is 25.0 Å². The first-order valence-corrected chi connectivity index (χ1v) is 17.8. The summed E-state index contributed by atoms with van der Waals surface area (Å²) in [5.41, 5.74) is 14.8. The monoisotopic (exact) mass is 652 g/mol. The zero-order chi connectivity index (χ0) is 34.1. The van der Waals surface area contributed by atoms with E-state index in [9.17, 15) is 0 Å². The van der Waals surface area contributed by atoms with Crippen LogP contribution in [0.5, 0.6) is 0 Å². The summed E-state index contributed by atoms with van der Waals surface area (Å²) in [6.07, 6.45) is 0. The van der Waals surface area contributed by atoms with Crippen LogP contribution >= 0.6 is 0 Å². The summed E-state index contributed by atoms with van der Waals surface area (Å²) >= 11 is 0. The number of anilines is 3. The number of nitrogens with zero attached hydrogens (tertiary/aromatic N) is 2. The Balaban J connectivity index is 1.22. The third kappa shape index (κ3) is 4.50. The zero-order valence-electron chi connectivity index (χ0n) is 28.7. The van der Waals surface area contributed by atoms with Crippen LogP contribution in [0.4, 0.5) is 17.1 Å². The maximum atomic E-state index is 2.46. The average molecular weight is 653 g/mol. The van der Waals surface area contributed by atoms with Gasteiger partial charge in [-0.15, -0.1) is 0 Å². The molecule has 1 aromatic heterocycles. The first-order valence-electron chi connectivity index (χ1n) is 17.8. The molecule has 242 valence electrons. The van der Waals surface area contributed by atoms with E-state index in [-0.39, 0.29) is 5.41 Å². The van der Waals surface area contributed by atoms with Gasteiger partial charge in [0.1, 0.15) is 0 Å². The van der Waals surface area contributed by atoms with E-state index in [0.29, 0.717) is 0 Å². The van der Waals surface area contributed by atoms with Gasteiger partial charge in [-0.1, -0.05) is 147 Å². The Morgan fingerprint density at radius 1 is 0.471 bits per heavy atom. The summed E-state index contributed by atoms with van der Waals surface area (Å²) in [7, 11) is 0. The highest BCUT2D eigenvalue weighted by atomic mass is 15.1. The van der Waals surface area contributed by atoms with Gasteiger partial charge in [0.2, 0.25) is 0 Å². The minimum absolute atomic E-state index is 0.0926. The van der Waals surface area contributed by atoms with Gasteiger partial charge in [-0.05, 0) is 81.7 Å². The first-order chi connectivity index (χ1) is 25.1. The molecule has 10 rings (SSSR count). The Hall–Kier alpha value is -6.38. The Labute approximate surface area is 298 Å². The van der Waals surface area contributed by atoms with E-state index in [0.717, 1.165) is 11.4 Å². The number of aromatic nitrogens is 1. The molecule has 9 aromatic rings. The van der Waals surface area contributed by atoms with Crippen molar-refractivity contribution in [2.75, 3.05) is 4.90 Å².